The highest BCUT2D eigenvalue weighted by Crippen LogP contribution is 2.28. The van der Waals surface area contributed by atoms with Crippen LogP contribution in [-0.4, -0.2) is 34.7 Å². The first-order valence-corrected chi connectivity index (χ1v) is 7.16. The van der Waals surface area contributed by atoms with Crippen molar-refractivity contribution < 1.29 is 9.90 Å². The molecule has 0 atom stereocenters. The summed E-state index contributed by atoms with van der Waals surface area (Å²) in [5, 5.41) is 15.5. The molecule has 0 unspecified atom stereocenters. The van der Waals surface area contributed by atoms with E-state index in [4.69, 9.17) is 5.73 Å². The molecule has 0 saturated heterocycles. The molecule has 18 heavy (non-hydrogen) atoms. The van der Waals surface area contributed by atoms with Gasteiger partial charge in [0, 0.05) is 18.3 Å². The van der Waals surface area contributed by atoms with E-state index in [1.54, 1.807) is 5.38 Å². The lowest BCUT2D eigenvalue weighted by Crippen LogP contribution is -2.40. The second-order valence-electron chi connectivity index (χ2n) is 4.78. The van der Waals surface area contributed by atoms with Gasteiger partial charge in [0.2, 0.25) is 0 Å². The van der Waals surface area contributed by atoms with Gasteiger partial charge in [-0.25, -0.2) is 4.98 Å². The van der Waals surface area contributed by atoms with Crippen molar-refractivity contribution in [3.05, 3.63) is 16.1 Å². The fourth-order valence-electron chi connectivity index (χ4n) is 2.20. The van der Waals surface area contributed by atoms with Gasteiger partial charge in [0.05, 0.1) is 10.6 Å². The van der Waals surface area contributed by atoms with Crippen LogP contribution in [0.15, 0.2) is 5.38 Å². The number of thiazole rings is 1. The summed E-state index contributed by atoms with van der Waals surface area (Å²) in [6.07, 6.45) is 4.29. The van der Waals surface area contributed by atoms with Crippen LogP contribution in [0, 0.1) is 0 Å². The molecule has 2 rings (SSSR count). The van der Waals surface area contributed by atoms with Crippen molar-refractivity contribution in [1.82, 2.24) is 10.3 Å². The van der Waals surface area contributed by atoms with Gasteiger partial charge in [-0.15, -0.1) is 11.3 Å². The number of nitrogens with one attached hydrogen (secondary N) is 1. The summed E-state index contributed by atoms with van der Waals surface area (Å²) >= 11 is 1.45. The molecular formula is C12H19N3O2S. The number of hydrogen-bond donors (Lipinski definition) is 3. The average molecular weight is 269 g/mol. The van der Waals surface area contributed by atoms with E-state index in [1.807, 2.05) is 0 Å². The number of carbonyl (C=O) groups is 1. The van der Waals surface area contributed by atoms with E-state index in [9.17, 15) is 9.90 Å². The van der Waals surface area contributed by atoms with E-state index >= 15 is 0 Å². The molecule has 100 valence electrons. The summed E-state index contributed by atoms with van der Waals surface area (Å²) in [5.74, 6) is -0.213. The molecule has 1 aliphatic carbocycles. The predicted octanol–water partition coefficient (Wildman–Crippen LogP) is 0.679. The molecule has 1 aromatic heterocycles. The van der Waals surface area contributed by atoms with E-state index in [-0.39, 0.29) is 5.91 Å². The van der Waals surface area contributed by atoms with Gasteiger partial charge in [-0.1, -0.05) is 12.8 Å². The Hall–Kier alpha value is -0.980. The first-order valence-electron chi connectivity index (χ1n) is 6.28. The highest BCUT2D eigenvalue weighted by Gasteiger charge is 2.31. The zero-order chi connectivity index (χ0) is 13.0. The fourth-order valence-corrected chi connectivity index (χ4v) is 2.99. The quantitative estimate of drug-likeness (QED) is 0.733. The van der Waals surface area contributed by atoms with Crippen molar-refractivity contribution in [3.63, 3.8) is 0 Å². The zero-order valence-corrected chi connectivity index (χ0v) is 11.1. The number of aromatic nitrogens is 1. The SMILES string of the molecule is NCCc1nc(C(=O)NCC2(O)CCCC2)cs1. The largest absolute Gasteiger partial charge is 0.388 e. The number of amides is 1. The molecule has 1 aliphatic rings. The van der Waals surface area contributed by atoms with Crippen molar-refractivity contribution in [2.45, 2.75) is 37.7 Å². The Kier molecular flexibility index (Phi) is 4.31. The molecule has 0 aromatic carbocycles. The summed E-state index contributed by atoms with van der Waals surface area (Å²) in [6, 6.07) is 0. The van der Waals surface area contributed by atoms with Crippen LogP contribution in [0.4, 0.5) is 0 Å². The van der Waals surface area contributed by atoms with Gasteiger partial charge in [0.1, 0.15) is 5.69 Å². The van der Waals surface area contributed by atoms with E-state index in [1.165, 1.54) is 11.3 Å². The van der Waals surface area contributed by atoms with Crippen molar-refractivity contribution in [2.24, 2.45) is 5.73 Å². The highest BCUT2D eigenvalue weighted by molar-refractivity contribution is 7.09. The maximum Gasteiger partial charge on any atom is 0.270 e. The number of nitrogens with two attached hydrogens (primary N) is 1. The van der Waals surface area contributed by atoms with Gasteiger partial charge < -0.3 is 16.2 Å². The van der Waals surface area contributed by atoms with Crippen LogP contribution >= 0.6 is 11.3 Å². The first-order chi connectivity index (χ1) is 8.63. The van der Waals surface area contributed by atoms with Crippen LogP contribution in [0.3, 0.4) is 0 Å². The smallest absolute Gasteiger partial charge is 0.270 e. The number of carbonyl (C=O) groups excluding carboxylic acids is 1. The van der Waals surface area contributed by atoms with Crippen molar-refractivity contribution in [1.29, 1.82) is 0 Å². The van der Waals surface area contributed by atoms with E-state index in [2.05, 4.69) is 10.3 Å². The Balaban J connectivity index is 1.87. The lowest BCUT2D eigenvalue weighted by Gasteiger charge is -2.21. The Morgan fingerprint density at radius 2 is 2.28 bits per heavy atom. The third kappa shape index (κ3) is 3.28. The standard InChI is InChI=1S/C12H19N3O2S/c13-6-3-10-15-9(7-18-10)11(16)14-8-12(17)4-1-2-5-12/h7,17H,1-6,8,13H2,(H,14,16). The molecule has 4 N–H and O–H groups in total. The molecule has 1 amide bonds. The van der Waals surface area contributed by atoms with Crippen LogP contribution in [0.25, 0.3) is 0 Å². The monoisotopic (exact) mass is 269 g/mol. The van der Waals surface area contributed by atoms with Crippen molar-refractivity contribution in [3.8, 4) is 0 Å². The molecule has 6 heteroatoms. The highest BCUT2D eigenvalue weighted by atomic mass is 32.1. The molecule has 1 fully saturated rings. The van der Waals surface area contributed by atoms with Crippen molar-refractivity contribution in [2.75, 3.05) is 13.1 Å². The Bertz CT molecular complexity index is 413. The van der Waals surface area contributed by atoms with Gasteiger partial charge in [-0.3, -0.25) is 4.79 Å². The molecule has 5 nitrogen and oxygen atoms in total. The Morgan fingerprint density at radius 3 is 2.94 bits per heavy atom. The van der Waals surface area contributed by atoms with Gasteiger partial charge in [-0.2, -0.15) is 0 Å². The fraction of sp³-hybridized carbons (Fsp3) is 0.667. The van der Waals surface area contributed by atoms with Gasteiger partial charge in [0.15, 0.2) is 0 Å². The maximum absolute atomic E-state index is 11.9. The van der Waals surface area contributed by atoms with Gasteiger partial charge in [-0.05, 0) is 19.4 Å². The van der Waals surface area contributed by atoms with Crippen molar-refractivity contribution >= 4 is 17.2 Å². The second-order valence-corrected chi connectivity index (χ2v) is 5.72. The summed E-state index contributed by atoms with van der Waals surface area (Å²) < 4.78 is 0. The van der Waals surface area contributed by atoms with Gasteiger partial charge >= 0.3 is 0 Å². The molecule has 0 bridgehead atoms. The molecule has 0 aliphatic heterocycles. The minimum absolute atomic E-state index is 0.213. The molecule has 1 aromatic rings. The number of aliphatic hydroxyl groups is 1. The van der Waals surface area contributed by atoms with E-state index in [0.717, 1.165) is 30.7 Å². The third-order valence-electron chi connectivity index (χ3n) is 3.25. The summed E-state index contributed by atoms with van der Waals surface area (Å²) in [7, 11) is 0. The average Bonchev–Trinajstić information content (AvgIpc) is 2.97. The van der Waals surface area contributed by atoms with Crippen LogP contribution < -0.4 is 11.1 Å². The van der Waals surface area contributed by atoms with Gasteiger partial charge in [0.25, 0.3) is 5.91 Å². The Labute approximate surface area is 110 Å². The Morgan fingerprint density at radius 1 is 1.56 bits per heavy atom. The molecular weight excluding hydrogens is 250 g/mol. The molecule has 0 radical (unpaired) electrons. The first kappa shape index (κ1) is 13.5. The lowest BCUT2D eigenvalue weighted by molar-refractivity contribution is 0.0449. The van der Waals surface area contributed by atoms with Crippen LogP contribution in [0.2, 0.25) is 0 Å². The van der Waals surface area contributed by atoms with Crippen LogP contribution in [-0.2, 0) is 6.42 Å². The topological polar surface area (TPSA) is 88.2 Å². The minimum atomic E-state index is -0.716. The number of nitrogens with zero attached hydrogens (tertiary/aromatic N) is 1. The minimum Gasteiger partial charge on any atom is -0.388 e. The zero-order valence-electron chi connectivity index (χ0n) is 10.3. The molecule has 0 spiro atoms. The van der Waals surface area contributed by atoms with E-state index < -0.39 is 5.60 Å². The second kappa shape index (κ2) is 5.77. The maximum atomic E-state index is 11.9. The summed E-state index contributed by atoms with van der Waals surface area (Å²) in [6.45, 7) is 0.851. The summed E-state index contributed by atoms with van der Waals surface area (Å²) in [4.78, 5) is 16.1. The lowest BCUT2D eigenvalue weighted by atomic mass is 10.0. The normalized spacial score (nSPS) is 17.9. The van der Waals surface area contributed by atoms with E-state index in [0.29, 0.717) is 25.2 Å². The number of rotatable bonds is 5. The molecule has 1 saturated carbocycles. The predicted molar refractivity (Wildman–Crippen MR) is 70.6 cm³/mol. The number of hydrogen-bond acceptors (Lipinski definition) is 5. The third-order valence-corrected chi connectivity index (χ3v) is 4.16. The summed E-state index contributed by atoms with van der Waals surface area (Å²) in [5.41, 5.74) is 5.14. The van der Waals surface area contributed by atoms with Crippen LogP contribution in [0.1, 0.15) is 41.2 Å². The molecule has 1 heterocycles. The van der Waals surface area contributed by atoms with Crippen LogP contribution in [0.5, 0.6) is 0 Å².